The molecule has 0 saturated heterocycles. The quantitative estimate of drug-likeness (QED) is 0.877. The largest absolute Gasteiger partial charge is 0.396 e. The molecule has 1 aliphatic carbocycles. The molecule has 1 fully saturated rings. The Morgan fingerprint density at radius 3 is 2.75 bits per heavy atom. The highest BCUT2D eigenvalue weighted by atomic mass is 35.5. The summed E-state index contributed by atoms with van der Waals surface area (Å²) in [6.07, 6.45) is 3.87. The van der Waals surface area contributed by atoms with Gasteiger partial charge in [0.15, 0.2) is 0 Å². The lowest BCUT2D eigenvalue weighted by atomic mass is 9.78. The fraction of sp³-hybridized carbons (Fsp3) is 0.562. The Morgan fingerprint density at radius 2 is 2.15 bits per heavy atom. The number of benzene rings is 1. The van der Waals surface area contributed by atoms with E-state index in [1.807, 2.05) is 31.2 Å². The highest BCUT2D eigenvalue weighted by molar-refractivity contribution is 6.30. The average Bonchev–Trinajstić information content (AvgIpc) is 2.95. The molecule has 110 valence electrons. The van der Waals surface area contributed by atoms with Crippen LogP contribution in [0.5, 0.6) is 0 Å². The molecule has 1 aromatic carbocycles. The van der Waals surface area contributed by atoms with Gasteiger partial charge in [0.1, 0.15) is 0 Å². The molecule has 1 aliphatic rings. The first-order chi connectivity index (χ1) is 9.58. The first-order valence-corrected chi connectivity index (χ1v) is 7.61. The molecule has 2 N–H and O–H groups in total. The summed E-state index contributed by atoms with van der Waals surface area (Å²) in [4.78, 5) is 12.7. The molecule has 1 saturated carbocycles. The van der Waals surface area contributed by atoms with Gasteiger partial charge in [-0.25, -0.2) is 0 Å². The van der Waals surface area contributed by atoms with Gasteiger partial charge in [-0.1, -0.05) is 43.5 Å². The second kappa shape index (κ2) is 6.59. The minimum Gasteiger partial charge on any atom is -0.396 e. The number of aliphatic hydroxyl groups is 1. The zero-order valence-corrected chi connectivity index (χ0v) is 12.6. The van der Waals surface area contributed by atoms with Crippen molar-refractivity contribution in [3.63, 3.8) is 0 Å². The summed E-state index contributed by atoms with van der Waals surface area (Å²) >= 11 is 6.08. The van der Waals surface area contributed by atoms with E-state index in [4.69, 9.17) is 16.7 Å². The van der Waals surface area contributed by atoms with Gasteiger partial charge in [-0.3, -0.25) is 4.79 Å². The highest BCUT2D eigenvalue weighted by Crippen LogP contribution is 2.42. The number of nitrogens with one attached hydrogen (secondary N) is 1. The van der Waals surface area contributed by atoms with Crippen molar-refractivity contribution in [1.29, 1.82) is 0 Å². The number of amides is 1. The summed E-state index contributed by atoms with van der Waals surface area (Å²) in [7, 11) is 0. The van der Waals surface area contributed by atoms with E-state index in [1.165, 1.54) is 0 Å². The Bertz CT molecular complexity index is 469. The molecular weight excluding hydrogens is 274 g/mol. The Kier molecular flexibility index (Phi) is 5.06. The predicted octanol–water partition coefficient (Wildman–Crippen LogP) is 2.90. The molecule has 0 bridgehead atoms. The van der Waals surface area contributed by atoms with Gasteiger partial charge in [0, 0.05) is 18.2 Å². The normalized spacial score (nSPS) is 18.8. The van der Waals surface area contributed by atoms with Crippen LogP contribution in [0.2, 0.25) is 5.02 Å². The van der Waals surface area contributed by atoms with Crippen molar-refractivity contribution in [2.24, 2.45) is 5.92 Å². The van der Waals surface area contributed by atoms with Crippen molar-refractivity contribution in [1.82, 2.24) is 5.32 Å². The first-order valence-electron chi connectivity index (χ1n) is 7.24. The fourth-order valence-electron chi connectivity index (χ4n) is 2.91. The van der Waals surface area contributed by atoms with Gasteiger partial charge in [-0.15, -0.1) is 0 Å². The molecule has 0 spiro atoms. The minimum absolute atomic E-state index is 0.0672. The number of halogens is 1. The van der Waals surface area contributed by atoms with Crippen LogP contribution in [0.25, 0.3) is 0 Å². The van der Waals surface area contributed by atoms with Crippen LogP contribution < -0.4 is 5.32 Å². The van der Waals surface area contributed by atoms with Gasteiger partial charge in [0.25, 0.3) is 0 Å². The van der Waals surface area contributed by atoms with E-state index in [0.717, 1.165) is 31.2 Å². The lowest BCUT2D eigenvalue weighted by Gasteiger charge is -2.29. The van der Waals surface area contributed by atoms with Crippen LogP contribution >= 0.6 is 11.6 Å². The molecule has 0 radical (unpaired) electrons. The minimum atomic E-state index is -0.444. The smallest absolute Gasteiger partial charge is 0.230 e. The number of carbonyl (C=O) groups excluding carboxylic acids is 1. The molecule has 1 aromatic rings. The topological polar surface area (TPSA) is 49.3 Å². The second-order valence-electron chi connectivity index (χ2n) is 5.80. The van der Waals surface area contributed by atoms with E-state index >= 15 is 0 Å². The van der Waals surface area contributed by atoms with Crippen molar-refractivity contribution < 1.29 is 9.90 Å². The van der Waals surface area contributed by atoms with Crippen LogP contribution in [0.15, 0.2) is 24.3 Å². The predicted molar refractivity (Wildman–Crippen MR) is 80.9 cm³/mol. The van der Waals surface area contributed by atoms with Crippen LogP contribution in [0.1, 0.15) is 38.2 Å². The summed E-state index contributed by atoms with van der Waals surface area (Å²) in [6.45, 7) is 2.52. The second-order valence-corrected chi connectivity index (χ2v) is 6.23. The van der Waals surface area contributed by atoms with E-state index in [-0.39, 0.29) is 18.4 Å². The number of hydrogen-bond acceptors (Lipinski definition) is 2. The van der Waals surface area contributed by atoms with E-state index in [2.05, 4.69) is 5.32 Å². The first kappa shape index (κ1) is 15.3. The molecule has 4 heteroatoms. The third-order valence-corrected chi connectivity index (χ3v) is 4.43. The molecule has 20 heavy (non-hydrogen) atoms. The lowest BCUT2D eigenvalue weighted by Crippen LogP contribution is -2.44. The Balaban J connectivity index is 2.19. The van der Waals surface area contributed by atoms with E-state index in [9.17, 15) is 4.79 Å². The van der Waals surface area contributed by atoms with Crippen molar-refractivity contribution in [2.45, 2.75) is 38.0 Å². The van der Waals surface area contributed by atoms with Crippen molar-refractivity contribution in [3.8, 4) is 0 Å². The average molecular weight is 296 g/mol. The number of aliphatic hydroxyl groups excluding tert-OH is 1. The summed E-state index contributed by atoms with van der Waals surface area (Å²) < 4.78 is 0. The molecule has 0 aromatic heterocycles. The highest BCUT2D eigenvalue weighted by Gasteiger charge is 2.42. The van der Waals surface area contributed by atoms with Crippen LogP contribution in [-0.4, -0.2) is 24.2 Å². The number of carbonyl (C=O) groups is 1. The van der Waals surface area contributed by atoms with Crippen LogP contribution in [0.3, 0.4) is 0 Å². The van der Waals surface area contributed by atoms with Gasteiger partial charge in [-0.2, -0.15) is 0 Å². The molecule has 1 unspecified atom stereocenters. The van der Waals surface area contributed by atoms with E-state index in [1.54, 1.807) is 0 Å². The maximum absolute atomic E-state index is 12.7. The summed E-state index contributed by atoms with van der Waals surface area (Å²) in [5, 5.41) is 12.7. The van der Waals surface area contributed by atoms with Crippen LogP contribution in [0, 0.1) is 5.92 Å². The Hall–Kier alpha value is -1.06. The molecule has 2 rings (SSSR count). The van der Waals surface area contributed by atoms with E-state index in [0.29, 0.717) is 11.6 Å². The molecule has 3 nitrogen and oxygen atoms in total. The molecular formula is C16H22ClNO2. The van der Waals surface area contributed by atoms with Gasteiger partial charge in [-0.05, 0) is 36.5 Å². The van der Waals surface area contributed by atoms with Gasteiger partial charge >= 0.3 is 0 Å². The molecule has 1 amide bonds. The summed E-state index contributed by atoms with van der Waals surface area (Å²) in [5.74, 6) is 0.148. The van der Waals surface area contributed by atoms with Crippen LogP contribution in [0.4, 0.5) is 0 Å². The third-order valence-electron chi connectivity index (χ3n) is 4.19. The SMILES string of the molecule is CC(CO)CNC(=O)C1(c2cccc(Cl)c2)CCCC1. The van der Waals surface area contributed by atoms with Crippen molar-refractivity contribution in [3.05, 3.63) is 34.9 Å². The lowest BCUT2D eigenvalue weighted by molar-refractivity contribution is -0.126. The zero-order chi connectivity index (χ0) is 14.6. The summed E-state index contributed by atoms with van der Waals surface area (Å²) in [5.41, 5.74) is 0.566. The van der Waals surface area contributed by atoms with Gasteiger partial charge in [0.2, 0.25) is 5.91 Å². The maximum atomic E-state index is 12.7. The van der Waals surface area contributed by atoms with Crippen LogP contribution in [-0.2, 0) is 10.2 Å². The van der Waals surface area contributed by atoms with Crippen molar-refractivity contribution >= 4 is 17.5 Å². The van der Waals surface area contributed by atoms with Gasteiger partial charge in [0.05, 0.1) is 5.41 Å². The Labute approximate surface area is 125 Å². The Morgan fingerprint density at radius 1 is 1.45 bits per heavy atom. The fourth-order valence-corrected chi connectivity index (χ4v) is 3.10. The third kappa shape index (κ3) is 3.15. The van der Waals surface area contributed by atoms with Gasteiger partial charge < -0.3 is 10.4 Å². The molecule has 1 atom stereocenters. The zero-order valence-electron chi connectivity index (χ0n) is 11.9. The van der Waals surface area contributed by atoms with E-state index < -0.39 is 5.41 Å². The maximum Gasteiger partial charge on any atom is 0.230 e. The van der Waals surface area contributed by atoms with Crippen molar-refractivity contribution in [2.75, 3.05) is 13.2 Å². The molecule has 0 aliphatic heterocycles. The standard InChI is InChI=1S/C16H22ClNO2/c1-12(11-19)10-18-15(20)16(7-2-3-8-16)13-5-4-6-14(17)9-13/h4-6,9,12,19H,2-3,7-8,10-11H2,1H3,(H,18,20). The number of hydrogen-bond donors (Lipinski definition) is 2. The monoisotopic (exact) mass is 295 g/mol. The molecule has 0 heterocycles. The number of rotatable bonds is 5. The summed E-state index contributed by atoms with van der Waals surface area (Å²) in [6, 6.07) is 7.63.